The highest BCUT2D eigenvalue weighted by atomic mass is 15.3. The summed E-state index contributed by atoms with van der Waals surface area (Å²) in [5.74, 6) is 0. The van der Waals surface area contributed by atoms with Crippen molar-refractivity contribution < 1.29 is 0 Å². The molecular formula is C16H20N4. The average Bonchev–Trinajstić information content (AvgIpc) is 2.81. The van der Waals surface area contributed by atoms with E-state index in [1.807, 2.05) is 37.4 Å². The Labute approximate surface area is 120 Å². The van der Waals surface area contributed by atoms with Crippen LogP contribution in [0.1, 0.15) is 37.6 Å². The molecule has 0 aliphatic carbocycles. The van der Waals surface area contributed by atoms with Crippen LogP contribution < -0.4 is 5.32 Å². The third-order valence-electron chi connectivity index (χ3n) is 2.97. The summed E-state index contributed by atoms with van der Waals surface area (Å²) in [5.41, 5.74) is 3.56. The van der Waals surface area contributed by atoms with Gasteiger partial charge >= 0.3 is 0 Å². The van der Waals surface area contributed by atoms with Crippen LogP contribution in [-0.2, 0) is 6.54 Å². The number of nitrogens with one attached hydrogen (secondary N) is 1. The van der Waals surface area contributed by atoms with E-state index in [2.05, 4.69) is 37.3 Å². The molecule has 4 nitrogen and oxygen atoms in total. The SMILES string of the molecule is Cc1ccn(-c2ccc(CNC(C)(C)C)cc2C#N)n1. The Bertz CT molecular complexity index is 641. The van der Waals surface area contributed by atoms with Crippen LogP contribution in [0.3, 0.4) is 0 Å². The van der Waals surface area contributed by atoms with Gasteiger partial charge in [0, 0.05) is 18.3 Å². The van der Waals surface area contributed by atoms with Gasteiger partial charge in [0.1, 0.15) is 6.07 Å². The number of rotatable bonds is 3. The fourth-order valence-electron chi connectivity index (χ4n) is 1.90. The van der Waals surface area contributed by atoms with E-state index in [0.29, 0.717) is 5.56 Å². The van der Waals surface area contributed by atoms with Gasteiger partial charge in [-0.2, -0.15) is 10.4 Å². The average molecular weight is 268 g/mol. The lowest BCUT2D eigenvalue weighted by molar-refractivity contribution is 0.424. The van der Waals surface area contributed by atoms with Crippen molar-refractivity contribution in [2.45, 2.75) is 39.8 Å². The summed E-state index contributed by atoms with van der Waals surface area (Å²) in [7, 11) is 0. The molecule has 2 aromatic rings. The van der Waals surface area contributed by atoms with Gasteiger partial charge in [-0.15, -0.1) is 0 Å². The van der Waals surface area contributed by atoms with Gasteiger partial charge in [-0.3, -0.25) is 0 Å². The summed E-state index contributed by atoms with van der Waals surface area (Å²) in [6, 6.07) is 10.1. The number of nitrogens with zero attached hydrogens (tertiary/aromatic N) is 3. The zero-order chi connectivity index (χ0) is 14.8. The molecule has 1 heterocycles. The minimum Gasteiger partial charge on any atom is -0.308 e. The molecule has 4 heteroatoms. The predicted molar refractivity (Wildman–Crippen MR) is 79.6 cm³/mol. The van der Waals surface area contributed by atoms with E-state index in [9.17, 15) is 5.26 Å². The van der Waals surface area contributed by atoms with Crippen molar-refractivity contribution in [2.75, 3.05) is 0 Å². The molecule has 0 fully saturated rings. The normalized spacial score (nSPS) is 11.3. The van der Waals surface area contributed by atoms with Crippen LogP contribution in [0, 0.1) is 18.3 Å². The van der Waals surface area contributed by atoms with Crippen molar-refractivity contribution in [3.05, 3.63) is 47.3 Å². The molecule has 0 bridgehead atoms. The van der Waals surface area contributed by atoms with Crippen LogP contribution in [0.4, 0.5) is 0 Å². The first-order valence-electron chi connectivity index (χ1n) is 6.70. The van der Waals surface area contributed by atoms with Gasteiger partial charge in [-0.05, 0) is 51.5 Å². The molecule has 2 rings (SSSR count). The third-order valence-corrected chi connectivity index (χ3v) is 2.97. The molecule has 0 unspecified atom stereocenters. The lowest BCUT2D eigenvalue weighted by Gasteiger charge is -2.20. The Balaban J connectivity index is 2.27. The predicted octanol–water partition coefficient (Wildman–Crippen LogP) is 2.94. The maximum absolute atomic E-state index is 9.33. The second-order valence-corrected chi connectivity index (χ2v) is 5.97. The lowest BCUT2D eigenvalue weighted by atomic mass is 10.1. The summed E-state index contributed by atoms with van der Waals surface area (Å²) in [6.07, 6.45) is 1.87. The summed E-state index contributed by atoms with van der Waals surface area (Å²) in [6.45, 7) is 9.05. The molecule has 0 radical (unpaired) electrons. The zero-order valence-corrected chi connectivity index (χ0v) is 12.4. The van der Waals surface area contributed by atoms with Crippen LogP contribution in [0.25, 0.3) is 5.69 Å². The minimum absolute atomic E-state index is 0.0601. The minimum atomic E-state index is 0.0601. The topological polar surface area (TPSA) is 53.6 Å². The van der Waals surface area contributed by atoms with Gasteiger partial charge in [0.2, 0.25) is 0 Å². The maximum Gasteiger partial charge on any atom is 0.101 e. The zero-order valence-electron chi connectivity index (χ0n) is 12.4. The van der Waals surface area contributed by atoms with Crippen LogP contribution in [-0.4, -0.2) is 15.3 Å². The number of hydrogen-bond donors (Lipinski definition) is 1. The molecule has 0 spiro atoms. The highest BCUT2D eigenvalue weighted by Crippen LogP contribution is 2.16. The quantitative estimate of drug-likeness (QED) is 0.931. The second-order valence-electron chi connectivity index (χ2n) is 5.97. The Morgan fingerprint density at radius 1 is 1.30 bits per heavy atom. The Morgan fingerprint density at radius 3 is 2.60 bits per heavy atom. The van der Waals surface area contributed by atoms with Crippen LogP contribution in [0.5, 0.6) is 0 Å². The van der Waals surface area contributed by atoms with E-state index in [4.69, 9.17) is 0 Å². The number of benzene rings is 1. The largest absolute Gasteiger partial charge is 0.308 e. The van der Waals surface area contributed by atoms with E-state index < -0.39 is 0 Å². The number of nitriles is 1. The Morgan fingerprint density at radius 2 is 2.05 bits per heavy atom. The lowest BCUT2D eigenvalue weighted by Crippen LogP contribution is -2.35. The molecule has 0 saturated carbocycles. The van der Waals surface area contributed by atoms with Crippen molar-refractivity contribution in [1.29, 1.82) is 5.26 Å². The van der Waals surface area contributed by atoms with Crippen molar-refractivity contribution in [3.8, 4) is 11.8 Å². The highest BCUT2D eigenvalue weighted by Gasteiger charge is 2.10. The first kappa shape index (κ1) is 14.3. The van der Waals surface area contributed by atoms with Gasteiger partial charge < -0.3 is 5.32 Å². The van der Waals surface area contributed by atoms with E-state index in [-0.39, 0.29) is 5.54 Å². The Hall–Kier alpha value is -2.12. The molecule has 1 aromatic carbocycles. The van der Waals surface area contributed by atoms with Crippen molar-refractivity contribution >= 4 is 0 Å². The van der Waals surface area contributed by atoms with E-state index in [1.54, 1.807) is 4.68 Å². The van der Waals surface area contributed by atoms with Gasteiger partial charge in [-0.1, -0.05) is 6.07 Å². The molecule has 0 amide bonds. The standard InChI is InChI=1S/C16H20N4/c1-12-7-8-20(19-12)15-6-5-13(9-14(15)10-17)11-18-16(2,3)4/h5-9,18H,11H2,1-4H3. The van der Waals surface area contributed by atoms with Gasteiger partial charge in [0.25, 0.3) is 0 Å². The van der Waals surface area contributed by atoms with E-state index in [1.165, 1.54) is 0 Å². The first-order chi connectivity index (χ1) is 9.39. The van der Waals surface area contributed by atoms with Gasteiger partial charge in [-0.25, -0.2) is 4.68 Å². The number of aromatic nitrogens is 2. The highest BCUT2D eigenvalue weighted by molar-refractivity contribution is 5.50. The van der Waals surface area contributed by atoms with Crippen molar-refractivity contribution in [1.82, 2.24) is 15.1 Å². The monoisotopic (exact) mass is 268 g/mol. The molecule has 20 heavy (non-hydrogen) atoms. The summed E-state index contributed by atoms with van der Waals surface area (Å²) >= 11 is 0. The molecule has 0 atom stereocenters. The van der Waals surface area contributed by atoms with Crippen molar-refractivity contribution in [2.24, 2.45) is 0 Å². The molecule has 104 valence electrons. The van der Waals surface area contributed by atoms with Gasteiger partial charge in [0.05, 0.1) is 16.9 Å². The number of aryl methyl sites for hydroxylation is 1. The molecule has 0 aliphatic rings. The van der Waals surface area contributed by atoms with Crippen molar-refractivity contribution in [3.63, 3.8) is 0 Å². The van der Waals surface area contributed by atoms with E-state index >= 15 is 0 Å². The molecule has 1 aromatic heterocycles. The summed E-state index contributed by atoms with van der Waals surface area (Å²) < 4.78 is 1.74. The first-order valence-corrected chi connectivity index (χ1v) is 6.70. The van der Waals surface area contributed by atoms with Crippen LogP contribution in [0.2, 0.25) is 0 Å². The van der Waals surface area contributed by atoms with Gasteiger partial charge in [0.15, 0.2) is 0 Å². The molecule has 1 N–H and O–H groups in total. The third kappa shape index (κ3) is 3.46. The maximum atomic E-state index is 9.33. The van der Waals surface area contributed by atoms with Crippen LogP contribution in [0.15, 0.2) is 30.5 Å². The summed E-state index contributed by atoms with van der Waals surface area (Å²) in [5, 5.41) is 17.1. The number of hydrogen-bond acceptors (Lipinski definition) is 3. The molecule has 0 saturated heterocycles. The van der Waals surface area contributed by atoms with Crippen LogP contribution >= 0.6 is 0 Å². The fraction of sp³-hybridized carbons (Fsp3) is 0.375. The molecule has 0 aliphatic heterocycles. The van der Waals surface area contributed by atoms with E-state index in [0.717, 1.165) is 23.5 Å². The Kier molecular flexibility index (Phi) is 3.91. The molecular weight excluding hydrogens is 248 g/mol. The smallest absolute Gasteiger partial charge is 0.101 e. The second kappa shape index (κ2) is 5.48. The fourth-order valence-corrected chi connectivity index (χ4v) is 1.90. The summed E-state index contributed by atoms with van der Waals surface area (Å²) in [4.78, 5) is 0.